The first-order valence-corrected chi connectivity index (χ1v) is 10.1. The van der Waals surface area contributed by atoms with Crippen LogP contribution in [0.3, 0.4) is 0 Å². The summed E-state index contributed by atoms with van der Waals surface area (Å²) in [5, 5.41) is 0.551. The van der Waals surface area contributed by atoms with Crippen molar-refractivity contribution in [3.8, 4) is 11.5 Å². The van der Waals surface area contributed by atoms with Crippen molar-refractivity contribution in [3.05, 3.63) is 74.0 Å². The highest BCUT2D eigenvalue weighted by Crippen LogP contribution is 2.32. The number of amides is 1. The molecule has 0 radical (unpaired) electrons. The number of ether oxygens (including phenoxy) is 2. The Bertz CT molecular complexity index is 1270. The van der Waals surface area contributed by atoms with Crippen LogP contribution in [0.2, 0.25) is 0 Å². The van der Waals surface area contributed by atoms with E-state index in [1.165, 1.54) is 23.4 Å². The Labute approximate surface area is 175 Å². The van der Waals surface area contributed by atoms with Gasteiger partial charge in [0.05, 0.1) is 22.8 Å². The smallest absolute Gasteiger partial charge is 0.472 e. The molecule has 1 amide bonds. The summed E-state index contributed by atoms with van der Waals surface area (Å²) in [6.07, 6.45) is 1.64. The summed E-state index contributed by atoms with van der Waals surface area (Å²) in [4.78, 5) is 40.5. The number of benzene rings is 2. The van der Waals surface area contributed by atoms with Gasteiger partial charge in [-0.15, -0.1) is 0 Å². The van der Waals surface area contributed by atoms with Crippen molar-refractivity contribution in [2.75, 3.05) is 13.0 Å². The van der Waals surface area contributed by atoms with E-state index in [4.69, 9.17) is 9.47 Å². The van der Waals surface area contributed by atoms with Gasteiger partial charge in [0, 0.05) is 12.0 Å². The van der Waals surface area contributed by atoms with Crippen LogP contribution in [0, 0.1) is 4.91 Å². The number of carbonyl (C=O) groups excluding carboxylic acids is 1. The van der Waals surface area contributed by atoms with Crippen molar-refractivity contribution >= 4 is 34.6 Å². The molecule has 2 heterocycles. The van der Waals surface area contributed by atoms with E-state index in [-0.39, 0.29) is 18.0 Å². The molecule has 0 bridgehead atoms. The Kier molecular flexibility index (Phi) is 5.37. The van der Waals surface area contributed by atoms with E-state index in [1.54, 1.807) is 49.5 Å². The van der Waals surface area contributed by atoms with Gasteiger partial charge >= 0.3 is 5.91 Å². The Morgan fingerprint density at radius 1 is 1.20 bits per heavy atom. The summed E-state index contributed by atoms with van der Waals surface area (Å²) in [7, 11) is 3.17. The van der Waals surface area contributed by atoms with Gasteiger partial charge in [-0.1, -0.05) is 18.2 Å². The van der Waals surface area contributed by atoms with Gasteiger partial charge in [0.1, 0.15) is 17.3 Å². The molecule has 1 aliphatic rings. The third-order valence-electron chi connectivity index (χ3n) is 4.69. The highest BCUT2D eigenvalue weighted by molar-refractivity contribution is 8.04. The summed E-state index contributed by atoms with van der Waals surface area (Å²) in [6.45, 7) is 0.0762. The Hall–Kier alpha value is -3.46. The van der Waals surface area contributed by atoms with E-state index < -0.39 is 5.91 Å². The quantitative estimate of drug-likeness (QED) is 0.459. The van der Waals surface area contributed by atoms with Gasteiger partial charge in [0.25, 0.3) is 11.4 Å². The molecule has 1 saturated heterocycles. The summed E-state index contributed by atoms with van der Waals surface area (Å²) in [5.74, 6) is 0.973. The molecule has 0 unspecified atom stereocenters. The molecule has 0 N–H and O–H groups in total. The van der Waals surface area contributed by atoms with E-state index in [2.05, 4.69) is 4.98 Å². The van der Waals surface area contributed by atoms with Crippen LogP contribution in [0.25, 0.3) is 17.0 Å². The zero-order valence-electron chi connectivity index (χ0n) is 16.3. The maximum atomic E-state index is 12.5. The topological polar surface area (TPSA) is 90.5 Å². The molecule has 0 saturated carbocycles. The minimum Gasteiger partial charge on any atom is -0.493 e. The molecule has 3 aromatic rings. The van der Waals surface area contributed by atoms with E-state index in [9.17, 15) is 14.5 Å². The molecule has 0 atom stereocenters. The van der Waals surface area contributed by atoms with Gasteiger partial charge in [-0.3, -0.25) is 9.36 Å². The third kappa shape index (κ3) is 3.71. The van der Waals surface area contributed by atoms with Gasteiger partial charge < -0.3 is 9.47 Å². The number of carbonyl (C=O) groups is 1. The van der Waals surface area contributed by atoms with Gasteiger partial charge in [-0.2, -0.15) is 0 Å². The number of hydrogen-bond donors (Lipinski definition) is 0. The number of nitrogens with zero attached hydrogens (tertiary/aromatic N) is 3. The average molecular weight is 424 g/mol. The largest absolute Gasteiger partial charge is 0.493 e. The molecular formula is C21H18N3O5S+. The number of aromatic nitrogens is 2. The number of fused-ring (bicyclic) bond motifs is 1. The van der Waals surface area contributed by atoms with E-state index in [1.807, 2.05) is 6.07 Å². The van der Waals surface area contributed by atoms with Crippen molar-refractivity contribution in [2.45, 2.75) is 6.61 Å². The normalized spacial score (nSPS) is 15.2. The molecule has 8 nitrogen and oxygen atoms in total. The van der Waals surface area contributed by atoms with E-state index >= 15 is 0 Å². The number of nitroso groups, excluding NO2 is 1. The first-order valence-electron chi connectivity index (χ1n) is 9.07. The molecule has 0 spiro atoms. The van der Waals surface area contributed by atoms with Crippen molar-refractivity contribution < 1.29 is 19.0 Å². The number of thioether (sulfide) groups is 1. The van der Waals surface area contributed by atoms with Gasteiger partial charge in [-0.05, 0) is 47.7 Å². The highest BCUT2D eigenvalue weighted by Gasteiger charge is 2.36. The van der Waals surface area contributed by atoms with Crippen LogP contribution < -0.4 is 15.0 Å². The van der Waals surface area contributed by atoms with E-state index in [0.29, 0.717) is 43.5 Å². The molecule has 152 valence electrons. The van der Waals surface area contributed by atoms with Crippen molar-refractivity contribution in [1.82, 2.24) is 9.55 Å². The fourth-order valence-electron chi connectivity index (χ4n) is 3.05. The molecule has 9 heteroatoms. The molecule has 0 aliphatic carbocycles. The number of para-hydroxylation sites is 1. The van der Waals surface area contributed by atoms with Gasteiger partial charge in [0.2, 0.25) is 0 Å². The summed E-state index contributed by atoms with van der Waals surface area (Å²) >= 11 is 1.19. The summed E-state index contributed by atoms with van der Waals surface area (Å²) in [6, 6.07) is 12.4. The van der Waals surface area contributed by atoms with Crippen molar-refractivity contribution in [3.63, 3.8) is 0 Å². The first-order chi connectivity index (χ1) is 14.5. The predicted octanol–water partition coefficient (Wildman–Crippen LogP) is 2.87. The third-order valence-corrected chi connectivity index (χ3v) is 5.66. The van der Waals surface area contributed by atoms with Crippen molar-refractivity contribution in [2.24, 2.45) is 7.05 Å². The van der Waals surface area contributed by atoms with Crippen LogP contribution in [0.4, 0.5) is 0 Å². The maximum absolute atomic E-state index is 12.5. The lowest BCUT2D eigenvalue weighted by Gasteiger charge is -2.13. The molecular weight excluding hydrogens is 406 g/mol. The van der Waals surface area contributed by atoms with Gasteiger partial charge in [0.15, 0.2) is 11.5 Å². The minimum atomic E-state index is -0.539. The summed E-state index contributed by atoms with van der Waals surface area (Å²) in [5.41, 5.74) is 1.18. The van der Waals surface area contributed by atoms with Crippen LogP contribution in [0.5, 0.6) is 11.5 Å². The number of hydrogen-bond acceptors (Lipinski definition) is 7. The Morgan fingerprint density at radius 2 is 2.00 bits per heavy atom. The lowest BCUT2D eigenvalue weighted by Crippen LogP contribution is -2.23. The second kappa shape index (κ2) is 8.11. The summed E-state index contributed by atoms with van der Waals surface area (Å²) < 4.78 is 13.2. The zero-order chi connectivity index (χ0) is 21.3. The monoisotopic (exact) mass is 424 g/mol. The molecule has 1 aliphatic heterocycles. The lowest BCUT2D eigenvalue weighted by atomic mass is 10.2. The first kappa shape index (κ1) is 19.8. The fraction of sp³-hybridized carbons (Fsp3) is 0.190. The maximum Gasteiger partial charge on any atom is 0.472 e. The predicted molar refractivity (Wildman–Crippen MR) is 113 cm³/mol. The average Bonchev–Trinajstić information content (AvgIpc) is 3.08. The minimum absolute atomic E-state index is 0.0762. The van der Waals surface area contributed by atoms with Crippen LogP contribution in [0.1, 0.15) is 11.4 Å². The molecule has 1 aromatic heterocycles. The Morgan fingerprint density at radius 3 is 2.73 bits per heavy atom. The van der Waals surface area contributed by atoms with E-state index in [0.717, 1.165) is 0 Å². The van der Waals surface area contributed by atoms with Crippen LogP contribution >= 0.6 is 11.8 Å². The zero-order valence-corrected chi connectivity index (χ0v) is 17.1. The van der Waals surface area contributed by atoms with Crippen LogP contribution in [-0.4, -0.2) is 33.2 Å². The second-order valence-electron chi connectivity index (χ2n) is 6.57. The van der Waals surface area contributed by atoms with Crippen molar-refractivity contribution in [1.29, 1.82) is 0 Å². The second-order valence-corrected chi connectivity index (χ2v) is 7.56. The Balaban J connectivity index is 1.58. The highest BCUT2D eigenvalue weighted by atomic mass is 32.2. The van der Waals surface area contributed by atoms with Crippen LogP contribution in [-0.2, 0) is 18.4 Å². The SMILES string of the molecule is COc1cc(C=C2SC[N+](=O)C2=O)ccc1OCc1nc2ccccc2c(=O)n1C. The molecule has 1 fully saturated rings. The molecule has 30 heavy (non-hydrogen) atoms. The number of rotatable bonds is 5. The fourth-order valence-corrected chi connectivity index (χ4v) is 3.87. The standard InChI is InChI=1S/C21H18N3O5S/c1-23-19(22-15-6-4-3-5-14(15)20(23)25)11-29-16-8-7-13(9-17(16)28-2)10-18-21(26)24(27)12-30-18/h3-10H,11-12H2,1-2H3/q+1. The number of methoxy groups -OCH3 is 1. The molecule has 2 aromatic carbocycles. The lowest BCUT2D eigenvalue weighted by molar-refractivity contribution is -0.439. The van der Waals surface area contributed by atoms with Gasteiger partial charge in [-0.25, -0.2) is 9.78 Å². The van der Waals surface area contributed by atoms with Crippen LogP contribution in [0.15, 0.2) is 52.2 Å². The molecule has 4 rings (SSSR count).